The van der Waals surface area contributed by atoms with E-state index in [1.165, 1.54) is 5.56 Å². The zero-order chi connectivity index (χ0) is 18.0. The number of nitrogens with zero attached hydrogens (tertiary/aromatic N) is 3. The molecule has 6 heteroatoms. The van der Waals surface area contributed by atoms with Crippen molar-refractivity contribution < 1.29 is 9.53 Å². The zero-order valence-corrected chi connectivity index (χ0v) is 15.3. The van der Waals surface area contributed by atoms with E-state index < -0.39 is 0 Å². The molecule has 1 atom stereocenters. The van der Waals surface area contributed by atoms with Crippen LogP contribution in [0.25, 0.3) is 0 Å². The van der Waals surface area contributed by atoms with Crippen molar-refractivity contribution in [2.24, 2.45) is 0 Å². The summed E-state index contributed by atoms with van der Waals surface area (Å²) in [4.78, 5) is 14.4. The topological polar surface area (TPSA) is 59.4 Å². The van der Waals surface area contributed by atoms with Gasteiger partial charge in [-0.15, -0.1) is 0 Å². The van der Waals surface area contributed by atoms with Crippen LogP contribution in [-0.2, 0) is 5.54 Å². The quantitative estimate of drug-likeness (QED) is 0.926. The van der Waals surface area contributed by atoms with E-state index in [-0.39, 0.29) is 11.6 Å². The first kappa shape index (κ1) is 17.3. The molecular formula is C19H26N4O2. The van der Waals surface area contributed by atoms with Gasteiger partial charge >= 0.3 is 6.03 Å². The van der Waals surface area contributed by atoms with Crippen molar-refractivity contribution in [2.45, 2.75) is 38.6 Å². The molecule has 2 amide bonds. The number of hydrogen-bond acceptors (Lipinski definition) is 3. The molecule has 0 aliphatic carbocycles. The fraction of sp³-hybridized carbons (Fsp3) is 0.474. The fourth-order valence-corrected chi connectivity index (χ4v) is 3.05. The maximum absolute atomic E-state index is 12.5. The highest BCUT2D eigenvalue weighted by atomic mass is 16.5. The van der Waals surface area contributed by atoms with E-state index in [0.29, 0.717) is 5.92 Å². The molecule has 1 N–H and O–H groups in total. The van der Waals surface area contributed by atoms with Crippen LogP contribution in [0.5, 0.6) is 5.75 Å². The Kier molecular flexibility index (Phi) is 4.70. The number of hydrogen-bond donors (Lipinski definition) is 1. The Labute approximate surface area is 148 Å². The second kappa shape index (κ2) is 6.78. The number of rotatable bonds is 3. The van der Waals surface area contributed by atoms with Crippen LogP contribution >= 0.6 is 0 Å². The van der Waals surface area contributed by atoms with Crippen LogP contribution in [0, 0.1) is 0 Å². The molecule has 25 heavy (non-hydrogen) atoms. The number of carbonyl (C=O) groups excluding carboxylic acids is 1. The van der Waals surface area contributed by atoms with Gasteiger partial charge in [-0.2, -0.15) is 5.10 Å². The lowest BCUT2D eigenvalue weighted by Gasteiger charge is -2.19. The highest BCUT2D eigenvalue weighted by molar-refractivity contribution is 5.89. The Morgan fingerprint density at radius 2 is 2.00 bits per heavy atom. The van der Waals surface area contributed by atoms with Crippen molar-refractivity contribution in [3.05, 3.63) is 42.2 Å². The van der Waals surface area contributed by atoms with Crippen molar-refractivity contribution in [2.75, 3.05) is 25.5 Å². The van der Waals surface area contributed by atoms with Crippen molar-refractivity contribution in [3.63, 3.8) is 0 Å². The third-order valence-corrected chi connectivity index (χ3v) is 4.58. The molecule has 3 rings (SSSR count). The normalized spacial score (nSPS) is 17.6. The standard InChI is InChI=1S/C19H26N4O2/c1-19(2,3)23-13-16(11-20-23)21-18(24)22-10-9-15(12-22)14-5-7-17(25-4)8-6-14/h5-8,11,13,15H,9-10,12H2,1-4H3,(H,21,24). The maximum Gasteiger partial charge on any atom is 0.321 e. The SMILES string of the molecule is COc1ccc(C2CCN(C(=O)Nc3cnn(C(C)(C)C)c3)C2)cc1. The second-order valence-corrected chi connectivity index (χ2v) is 7.48. The molecule has 1 unspecified atom stereocenters. The molecule has 1 aromatic carbocycles. The fourth-order valence-electron chi connectivity index (χ4n) is 3.05. The molecule has 1 aliphatic rings. The summed E-state index contributed by atoms with van der Waals surface area (Å²) in [6.07, 6.45) is 4.54. The lowest BCUT2D eigenvalue weighted by Crippen LogP contribution is -2.32. The van der Waals surface area contributed by atoms with Crippen LogP contribution in [0.3, 0.4) is 0 Å². The third kappa shape index (κ3) is 3.95. The first-order valence-corrected chi connectivity index (χ1v) is 8.62. The van der Waals surface area contributed by atoms with Crippen molar-refractivity contribution in [3.8, 4) is 5.75 Å². The van der Waals surface area contributed by atoms with E-state index in [4.69, 9.17) is 4.74 Å². The van der Waals surface area contributed by atoms with Crippen LogP contribution in [0.1, 0.15) is 38.7 Å². The molecule has 0 spiro atoms. The Morgan fingerprint density at radius 3 is 2.60 bits per heavy atom. The van der Waals surface area contributed by atoms with Crippen molar-refractivity contribution in [1.82, 2.24) is 14.7 Å². The van der Waals surface area contributed by atoms with Crippen LogP contribution in [-0.4, -0.2) is 40.9 Å². The van der Waals surface area contributed by atoms with Gasteiger partial charge < -0.3 is 15.0 Å². The van der Waals surface area contributed by atoms with Gasteiger partial charge in [-0.3, -0.25) is 4.68 Å². The van der Waals surface area contributed by atoms with Crippen LogP contribution in [0.15, 0.2) is 36.7 Å². The van der Waals surface area contributed by atoms with Crippen LogP contribution in [0.4, 0.5) is 10.5 Å². The summed E-state index contributed by atoms with van der Waals surface area (Å²) in [6.45, 7) is 7.71. The van der Waals surface area contributed by atoms with E-state index in [9.17, 15) is 4.79 Å². The van der Waals surface area contributed by atoms with E-state index in [2.05, 4.69) is 43.3 Å². The molecule has 1 fully saturated rings. The smallest absolute Gasteiger partial charge is 0.321 e. The van der Waals surface area contributed by atoms with Crippen molar-refractivity contribution in [1.29, 1.82) is 0 Å². The first-order chi connectivity index (χ1) is 11.9. The zero-order valence-electron chi connectivity index (χ0n) is 15.3. The van der Waals surface area contributed by atoms with E-state index in [0.717, 1.165) is 30.9 Å². The van der Waals surface area contributed by atoms with Gasteiger partial charge in [0.2, 0.25) is 0 Å². The van der Waals surface area contributed by atoms with Gasteiger partial charge in [0.05, 0.1) is 24.5 Å². The number of urea groups is 1. The first-order valence-electron chi connectivity index (χ1n) is 8.62. The summed E-state index contributed by atoms with van der Waals surface area (Å²) in [7, 11) is 1.67. The molecule has 2 heterocycles. The minimum Gasteiger partial charge on any atom is -0.497 e. The van der Waals surface area contributed by atoms with Gasteiger partial charge in [0.15, 0.2) is 0 Å². The highest BCUT2D eigenvalue weighted by Gasteiger charge is 2.27. The summed E-state index contributed by atoms with van der Waals surface area (Å²) in [5, 5.41) is 7.27. The molecule has 0 saturated carbocycles. The largest absolute Gasteiger partial charge is 0.497 e. The van der Waals surface area contributed by atoms with Crippen LogP contribution < -0.4 is 10.1 Å². The third-order valence-electron chi connectivity index (χ3n) is 4.58. The lowest BCUT2D eigenvalue weighted by atomic mass is 9.98. The number of amides is 2. The second-order valence-electron chi connectivity index (χ2n) is 7.48. The minimum absolute atomic E-state index is 0.0653. The molecule has 1 aliphatic heterocycles. The summed E-state index contributed by atoms with van der Waals surface area (Å²) < 4.78 is 7.05. The average molecular weight is 342 g/mol. The van der Waals surface area contributed by atoms with Gasteiger partial charge in [0, 0.05) is 25.2 Å². The predicted octanol–water partition coefficient (Wildman–Crippen LogP) is 3.67. The number of benzene rings is 1. The van der Waals surface area contributed by atoms with Gasteiger partial charge in [0.1, 0.15) is 5.75 Å². The number of ether oxygens (including phenoxy) is 1. The Hall–Kier alpha value is -2.50. The summed E-state index contributed by atoms with van der Waals surface area (Å²) in [6, 6.07) is 8.04. The van der Waals surface area contributed by atoms with Crippen LogP contribution in [0.2, 0.25) is 0 Å². The van der Waals surface area contributed by atoms with E-state index >= 15 is 0 Å². The lowest BCUT2D eigenvalue weighted by molar-refractivity contribution is 0.222. The van der Waals surface area contributed by atoms with E-state index in [1.54, 1.807) is 13.3 Å². The molecule has 1 aromatic heterocycles. The number of methoxy groups -OCH3 is 1. The number of nitrogens with one attached hydrogen (secondary N) is 1. The van der Waals surface area contributed by atoms with Gasteiger partial charge in [0.25, 0.3) is 0 Å². The van der Waals surface area contributed by atoms with Gasteiger partial charge in [-0.25, -0.2) is 4.79 Å². The molecule has 2 aromatic rings. The Morgan fingerprint density at radius 1 is 1.28 bits per heavy atom. The molecule has 0 radical (unpaired) electrons. The molecular weight excluding hydrogens is 316 g/mol. The molecule has 1 saturated heterocycles. The van der Waals surface area contributed by atoms with Gasteiger partial charge in [-0.05, 0) is 44.9 Å². The highest BCUT2D eigenvalue weighted by Crippen LogP contribution is 2.29. The molecule has 134 valence electrons. The predicted molar refractivity (Wildman–Crippen MR) is 98.2 cm³/mol. The Balaban J connectivity index is 1.59. The molecule has 0 bridgehead atoms. The minimum atomic E-state index is -0.101. The summed E-state index contributed by atoms with van der Waals surface area (Å²) in [5.74, 6) is 1.22. The number of likely N-dealkylation sites (tertiary alicyclic amines) is 1. The van der Waals surface area contributed by atoms with Crippen molar-refractivity contribution >= 4 is 11.7 Å². The molecule has 6 nitrogen and oxygen atoms in total. The van der Waals surface area contributed by atoms with Gasteiger partial charge in [-0.1, -0.05) is 12.1 Å². The maximum atomic E-state index is 12.5. The van der Waals surface area contributed by atoms with E-state index in [1.807, 2.05) is 27.9 Å². The number of carbonyl (C=O) groups is 1. The number of aromatic nitrogens is 2. The summed E-state index contributed by atoms with van der Waals surface area (Å²) in [5.41, 5.74) is 1.88. The summed E-state index contributed by atoms with van der Waals surface area (Å²) >= 11 is 0. The Bertz CT molecular complexity index is 731. The average Bonchev–Trinajstić information content (AvgIpc) is 3.24. The monoisotopic (exact) mass is 342 g/mol. The number of anilines is 1.